The van der Waals surface area contributed by atoms with E-state index >= 15 is 0 Å². The van der Waals surface area contributed by atoms with Crippen LogP contribution in [0.15, 0.2) is 30.9 Å². The normalized spacial score (nSPS) is 19.2. The molecule has 4 heterocycles. The highest BCUT2D eigenvalue weighted by molar-refractivity contribution is 5.80. The van der Waals surface area contributed by atoms with Crippen molar-refractivity contribution in [3.63, 3.8) is 0 Å². The van der Waals surface area contributed by atoms with E-state index < -0.39 is 0 Å². The van der Waals surface area contributed by atoms with Crippen molar-refractivity contribution in [2.75, 3.05) is 49.1 Å². The second kappa shape index (κ2) is 7.94. The van der Waals surface area contributed by atoms with Gasteiger partial charge in [0.05, 0.1) is 0 Å². The summed E-state index contributed by atoms with van der Waals surface area (Å²) < 4.78 is 1.71. The summed E-state index contributed by atoms with van der Waals surface area (Å²) in [4.78, 5) is 28.2. The van der Waals surface area contributed by atoms with E-state index in [0.717, 1.165) is 37.8 Å². The monoisotopic (exact) mass is 369 g/mol. The van der Waals surface area contributed by atoms with Crippen LogP contribution < -0.4 is 9.80 Å². The van der Waals surface area contributed by atoms with Crippen molar-refractivity contribution < 1.29 is 4.79 Å². The molecule has 2 saturated heterocycles. The maximum Gasteiger partial charge on any atom is 0.247 e. The number of hydrogen-bond donors (Lipinski definition) is 0. The molecule has 1 atom stereocenters. The van der Waals surface area contributed by atoms with Gasteiger partial charge in [0.2, 0.25) is 5.91 Å². The van der Waals surface area contributed by atoms with Crippen LogP contribution in [-0.4, -0.2) is 69.8 Å². The first-order valence-corrected chi connectivity index (χ1v) is 9.82. The van der Waals surface area contributed by atoms with Crippen LogP contribution in [0.25, 0.3) is 0 Å². The van der Waals surface area contributed by atoms with Crippen molar-refractivity contribution in [1.82, 2.24) is 24.6 Å². The smallest absolute Gasteiger partial charge is 0.247 e. The molecule has 1 amide bonds. The van der Waals surface area contributed by atoms with Gasteiger partial charge in [0.15, 0.2) is 0 Å². The maximum atomic E-state index is 12.7. The van der Waals surface area contributed by atoms with Gasteiger partial charge in [-0.15, -0.1) is 0 Å². The summed E-state index contributed by atoms with van der Waals surface area (Å²) in [6.07, 6.45) is 8.97. The van der Waals surface area contributed by atoms with Crippen LogP contribution >= 0.6 is 0 Å². The Morgan fingerprint density at radius 2 is 1.63 bits per heavy atom. The number of aromatic nitrogens is 4. The lowest BCUT2D eigenvalue weighted by Gasteiger charge is -2.37. The second-order valence-electron chi connectivity index (χ2n) is 7.26. The van der Waals surface area contributed by atoms with Gasteiger partial charge in [0.25, 0.3) is 0 Å². The molecule has 2 aliphatic rings. The van der Waals surface area contributed by atoms with Gasteiger partial charge in [-0.2, -0.15) is 5.10 Å². The molecule has 2 aromatic heterocycles. The number of carbonyl (C=O) groups excluding carboxylic acids is 1. The van der Waals surface area contributed by atoms with E-state index in [2.05, 4.69) is 30.9 Å². The molecule has 0 radical (unpaired) electrons. The molecule has 0 spiro atoms. The number of anilines is 2. The summed E-state index contributed by atoms with van der Waals surface area (Å²) in [6.45, 7) is 7.02. The standard InChI is InChI=1S/C19H27N7O/c1-16(26-9-5-6-22-26)19(27)25-12-10-24(11-13-25)18-14-17(20-15-21-18)23-7-3-2-4-8-23/h5-6,9,14-16H,2-4,7-8,10-13H2,1H3. The van der Waals surface area contributed by atoms with E-state index in [0.29, 0.717) is 13.1 Å². The minimum atomic E-state index is -0.267. The molecule has 0 aliphatic carbocycles. The summed E-state index contributed by atoms with van der Waals surface area (Å²) in [6, 6.07) is 3.67. The van der Waals surface area contributed by atoms with Gasteiger partial charge in [0.1, 0.15) is 24.0 Å². The Morgan fingerprint density at radius 3 is 2.26 bits per heavy atom. The molecule has 8 heteroatoms. The zero-order valence-corrected chi connectivity index (χ0v) is 15.9. The molecular weight excluding hydrogens is 342 g/mol. The fourth-order valence-electron chi connectivity index (χ4n) is 3.85. The molecule has 8 nitrogen and oxygen atoms in total. The van der Waals surface area contributed by atoms with Gasteiger partial charge < -0.3 is 14.7 Å². The lowest BCUT2D eigenvalue weighted by Crippen LogP contribution is -2.50. The highest BCUT2D eigenvalue weighted by Crippen LogP contribution is 2.22. The summed E-state index contributed by atoms with van der Waals surface area (Å²) in [7, 11) is 0. The van der Waals surface area contributed by atoms with E-state index in [1.54, 1.807) is 17.2 Å². The first kappa shape index (κ1) is 17.8. The van der Waals surface area contributed by atoms with Crippen molar-refractivity contribution in [2.24, 2.45) is 0 Å². The number of piperidine rings is 1. The van der Waals surface area contributed by atoms with Gasteiger partial charge in [-0.05, 0) is 32.3 Å². The van der Waals surface area contributed by atoms with Crippen LogP contribution in [0.4, 0.5) is 11.6 Å². The average Bonchev–Trinajstić information content (AvgIpc) is 3.28. The van der Waals surface area contributed by atoms with Crippen molar-refractivity contribution in [2.45, 2.75) is 32.2 Å². The Morgan fingerprint density at radius 1 is 0.963 bits per heavy atom. The summed E-state index contributed by atoms with van der Waals surface area (Å²) >= 11 is 0. The molecule has 2 aliphatic heterocycles. The molecule has 0 bridgehead atoms. The Kier molecular flexibility index (Phi) is 5.22. The zero-order valence-electron chi connectivity index (χ0n) is 15.9. The predicted octanol–water partition coefficient (Wildman–Crippen LogP) is 1.57. The third kappa shape index (κ3) is 3.89. The molecule has 0 saturated carbocycles. The molecular formula is C19H27N7O. The molecule has 0 aromatic carbocycles. The number of nitrogens with zero attached hydrogens (tertiary/aromatic N) is 7. The van der Waals surface area contributed by atoms with Crippen LogP contribution in [0.5, 0.6) is 0 Å². The van der Waals surface area contributed by atoms with Crippen molar-refractivity contribution in [1.29, 1.82) is 0 Å². The predicted molar refractivity (Wildman–Crippen MR) is 104 cm³/mol. The average molecular weight is 369 g/mol. The van der Waals surface area contributed by atoms with Gasteiger partial charge in [-0.3, -0.25) is 9.48 Å². The van der Waals surface area contributed by atoms with E-state index in [9.17, 15) is 4.79 Å². The van der Waals surface area contributed by atoms with E-state index in [1.165, 1.54) is 19.3 Å². The highest BCUT2D eigenvalue weighted by Gasteiger charge is 2.27. The van der Waals surface area contributed by atoms with Gasteiger partial charge in [0, 0.05) is 57.7 Å². The third-order valence-electron chi connectivity index (χ3n) is 5.51. The maximum absolute atomic E-state index is 12.7. The number of hydrogen-bond acceptors (Lipinski definition) is 6. The van der Waals surface area contributed by atoms with Crippen molar-refractivity contribution in [3.05, 3.63) is 30.9 Å². The van der Waals surface area contributed by atoms with Crippen LogP contribution in [0, 0.1) is 0 Å². The largest absolute Gasteiger partial charge is 0.356 e. The van der Waals surface area contributed by atoms with Crippen LogP contribution in [0.2, 0.25) is 0 Å². The van der Waals surface area contributed by atoms with Crippen molar-refractivity contribution >= 4 is 17.5 Å². The number of carbonyl (C=O) groups is 1. The fourth-order valence-corrected chi connectivity index (χ4v) is 3.85. The molecule has 1 unspecified atom stereocenters. The van der Waals surface area contributed by atoms with E-state index in [4.69, 9.17) is 0 Å². The third-order valence-corrected chi connectivity index (χ3v) is 5.51. The number of piperazine rings is 1. The molecule has 27 heavy (non-hydrogen) atoms. The van der Waals surface area contributed by atoms with E-state index in [-0.39, 0.29) is 11.9 Å². The Labute approximate surface area is 159 Å². The molecule has 2 aromatic rings. The molecule has 2 fully saturated rings. The summed E-state index contributed by atoms with van der Waals surface area (Å²) in [5, 5.41) is 4.19. The highest BCUT2D eigenvalue weighted by atomic mass is 16.2. The van der Waals surface area contributed by atoms with Crippen LogP contribution in [0.1, 0.15) is 32.2 Å². The fraction of sp³-hybridized carbons (Fsp3) is 0.579. The topological polar surface area (TPSA) is 70.4 Å². The van der Waals surface area contributed by atoms with Crippen molar-refractivity contribution in [3.8, 4) is 0 Å². The summed E-state index contributed by atoms with van der Waals surface area (Å²) in [5.74, 6) is 2.10. The SMILES string of the molecule is CC(C(=O)N1CCN(c2cc(N3CCCCC3)ncn2)CC1)n1cccn1. The zero-order chi connectivity index (χ0) is 18.6. The van der Waals surface area contributed by atoms with E-state index in [1.807, 2.05) is 24.1 Å². The molecule has 0 N–H and O–H groups in total. The second-order valence-corrected chi connectivity index (χ2v) is 7.26. The first-order valence-electron chi connectivity index (χ1n) is 9.82. The number of amides is 1. The first-order chi connectivity index (χ1) is 13.2. The van der Waals surface area contributed by atoms with Crippen LogP contribution in [0.3, 0.4) is 0 Å². The quantitative estimate of drug-likeness (QED) is 0.815. The lowest BCUT2D eigenvalue weighted by molar-refractivity contribution is -0.134. The minimum absolute atomic E-state index is 0.120. The Balaban J connectivity index is 1.37. The lowest BCUT2D eigenvalue weighted by atomic mass is 10.1. The summed E-state index contributed by atoms with van der Waals surface area (Å²) in [5.41, 5.74) is 0. The minimum Gasteiger partial charge on any atom is -0.356 e. The Bertz CT molecular complexity index is 749. The molecule has 144 valence electrons. The van der Waals surface area contributed by atoms with Gasteiger partial charge in [-0.25, -0.2) is 9.97 Å². The van der Waals surface area contributed by atoms with Crippen LogP contribution in [-0.2, 0) is 4.79 Å². The van der Waals surface area contributed by atoms with Gasteiger partial charge >= 0.3 is 0 Å². The Hall–Kier alpha value is -2.64. The number of rotatable bonds is 4. The van der Waals surface area contributed by atoms with Gasteiger partial charge in [-0.1, -0.05) is 0 Å². The molecule has 4 rings (SSSR count).